The van der Waals surface area contributed by atoms with E-state index in [1.165, 1.54) is 0 Å². The van der Waals surface area contributed by atoms with Crippen LogP contribution in [0.25, 0.3) is 5.69 Å². The van der Waals surface area contributed by atoms with Gasteiger partial charge in [-0.2, -0.15) is 0 Å². The fourth-order valence-electron chi connectivity index (χ4n) is 2.91. The largest absolute Gasteiger partial charge is 0.379 e. The summed E-state index contributed by atoms with van der Waals surface area (Å²) in [5.41, 5.74) is 2.09. The summed E-state index contributed by atoms with van der Waals surface area (Å²) in [5.74, 6) is 0. The number of benzene rings is 1. The summed E-state index contributed by atoms with van der Waals surface area (Å²) in [4.78, 5) is 19.6. The third kappa shape index (κ3) is 4.73. The van der Waals surface area contributed by atoms with Crippen LogP contribution in [0.4, 0.5) is 0 Å². The maximum Gasteiger partial charge on any atom is 0.280 e. The van der Waals surface area contributed by atoms with Crippen molar-refractivity contribution in [3.8, 4) is 5.69 Å². The Morgan fingerprint density at radius 2 is 2.08 bits per heavy atom. The van der Waals surface area contributed by atoms with Gasteiger partial charge >= 0.3 is 0 Å². The number of rotatable bonds is 6. The Kier molecular flexibility index (Phi) is 6.86. The Morgan fingerprint density at radius 1 is 1.31 bits per heavy atom. The van der Waals surface area contributed by atoms with Gasteiger partial charge in [0.05, 0.1) is 24.5 Å². The summed E-state index contributed by atoms with van der Waals surface area (Å²) in [7, 11) is 0. The molecular formula is C18H22Br2N4O2. The number of halogens is 2. The van der Waals surface area contributed by atoms with E-state index in [1.54, 1.807) is 10.9 Å². The molecule has 1 aliphatic heterocycles. The molecule has 6 nitrogen and oxygen atoms in total. The third-order valence-corrected chi connectivity index (χ3v) is 5.48. The predicted octanol–water partition coefficient (Wildman–Crippen LogP) is 3.14. The number of aromatic nitrogens is 2. The minimum atomic E-state index is -0.0950. The van der Waals surface area contributed by atoms with Crippen molar-refractivity contribution in [3.05, 3.63) is 48.8 Å². The van der Waals surface area contributed by atoms with Crippen LogP contribution in [0.2, 0.25) is 0 Å². The van der Waals surface area contributed by atoms with Gasteiger partial charge in [0, 0.05) is 47.0 Å². The molecule has 1 aromatic heterocycles. The van der Waals surface area contributed by atoms with E-state index in [-0.39, 0.29) is 5.56 Å². The van der Waals surface area contributed by atoms with E-state index in [2.05, 4.69) is 46.9 Å². The standard InChI is InChI=1S/C18H22Br2N4O2/c1-13-15(12-21-5-2-6-23-7-9-26-10-8-23)18(25)24(22-13)17-4-3-14(19)11-16(17)20/h3-4,11-12,22H,2,5-10H2,1H3. The molecule has 1 saturated heterocycles. The van der Waals surface area contributed by atoms with Crippen LogP contribution in [-0.2, 0) is 4.74 Å². The van der Waals surface area contributed by atoms with Gasteiger partial charge < -0.3 is 4.74 Å². The van der Waals surface area contributed by atoms with Crippen molar-refractivity contribution in [2.75, 3.05) is 39.4 Å². The number of hydrogen-bond donors (Lipinski definition) is 1. The lowest BCUT2D eigenvalue weighted by atomic mass is 10.3. The predicted molar refractivity (Wildman–Crippen MR) is 111 cm³/mol. The van der Waals surface area contributed by atoms with Crippen LogP contribution in [0.5, 0.6) is 0 Å². The Morgan fingerprint density at radius 3 is 2.81 bits per heavy atom. The molecule has 2 aromatic rings. The van der Waals surface area contributed by atoms with Gasteiger partial charge in [-0.25, -0.2) is 4.68 Å². The molecule has 2 heterocycles. The van der Waals surface area contributed by atoms with Gasteiger partial charge in [-0.1, -0.05) is 15.9 Å². The average Bonchev–Trinajstić information content (AvgIpc) is 2.90. The molecule has 0 atom stereocenters. The molecule has 1 fully saturated rings. The monoisotopic (exact) mass is 484 g/mol. The highest BCUT2D eigenvalue weighted by molar-refractivity contribution is 9.11. The summed E-state index contributed by atoms with van der Waals surface area (Å²) >= 11 is 6.93. The second-order valence-electron chi connectivity index (χ2n) is 6.23. The van der Waals surface area contributed by atoms with E-state index in [9.17, 15) is 4.79 Å². The second kappa shape index (κ2) is 9.12. The maximum absolute atomic E-state index is 12.7. The topological polar surface area (TPSA) is 62.6 Å². The Labute approximate surface area is 169 Å². The van der Waals surface area contributed by atoms with Gasteiger partial charge in [-0.15, -0.1) is 0 Å². The molecule has 26 heavy (non-hydrogen) atoms. The van der Waals surface area contributed by atoms with Gasteiger partial charge in [0.2, 0.25) is 0 Å². The highest BCUT2D eigenvalue weighted by Crippen LogP contribution is 2.24. The minimum Gasteiger partial charge on any atom is -0.379 e. The molecule has 0 bridgehead atoms. The van der Waals surface area contributed by atoms with E-state index in [4.69, 9.17) is 4.74 Å². The van der Waals surface area contributed by atoms with Gasteiger partial charge in [0.1, 0.15) is 0 Å². The number of morpholine rings is 1. The zero-order valence-corrected chi connectivity index (χ0v) is 17.8. The number of nitrogens with one attached hydrogen (secondary N) is 1. The molecular weight excluding hydrogens is 464 g/mol. The van der Waals surface area contributed by atoms with Crippen molar-refractivity contribution in [2.45, 2.75) is 13.3 Å². The van der Waals surface area contributed by atoms with Crippen LogP contribution in [0.1, 0.15) is 17.7 Å². The molecule has 0 amide bonds. The number of ether oxygens (including phenoxy) is 1. The van der Waals surface area contributed by atoms with Crippen LogP contribution in [0, 0.1) is 6.92 Å². The molecule has 0 aliphatic carbocycles. The smallest absolute Gasteiger partial charge is 0.280 e. The van der Waals surface area contributed by atoms with E-state index in [1.807, 2.05) is 25.1 Å². The van der Waals surface area contributed by atoms with Crippen LogP contribution >= 0.6 is 31.9 Å². The lowest BCUT2D eigenvalue weighted by Gasteiger charge is -2.26. The highest BCUT2D eigenvalue weighted by Gasteiger charge is 2.13. The van der Waals surface area contributed by atoms with Crippen LogP contribution < -0.4 is 5.56 Å². The summed E-state index contributed by atoms with van der Waals surface area (Å²) in [6, 6.07) is 5.70. The van der Waals surface area contributed by atoms with E-state index < -0.39 is 0 Å². The molecule has 140 valence electrons. The molecule has 0 spiro atoms. The first kappa shape index (κ1) is 19.5. The molecule has 0 unspecified atom stereocenters. The maximum atomic E-state index is 12.7. The van der Waals surface area contributed by atoms with Crippen LogP contribution in [-0.4, -0.2) is 60.3 Å². The SMILES string of the molecule is Cc1[nH]n(-c2ccc(Br)cc2Br)c(=O)c1C=NCCCN1CCOCC1. The van der Waals surface area contributed by atoms with Gasteiger partial charge in [-0.3, -0.25) is 19.8 Å². The number of H-pyrrole nitrogens is 1. The van der Waals surface area contributed by atoms with Crippen molar-refractivity contribution in [1.29, 1.82) is 0 Å². The fourth-order valence-corrected chi connectivity index (χ4v) is 4.13. The summed E-state index contributed by atoms with van der Waals surface area (Å²) in [5, 5.41) is 3.13. The Balaban J connectivity index is 1.65. The first-order valence-corrected chi connectivity index (χ1v) is 10.2. The number of aliphatic imine (C=N–C) groups is 1. The number of nitrogens with zero attached hydrogens (tertiary/aromatic N) is 3. The molecule has 3 rings (SSSR count). The normalized spacial score (nSPS) is 15.8. The third-order valence-electron chi connectivity index (χ3n) is 4.35. The van der Waals surface area contributed by atoms with Crippen molar-refractivity contribution in [2.24, 2.45) is 4.99 Å². The molecule has 8 heteroatoms. The summed E-state index contributed by atoms with van der Waals surface area (Å²) < 4.78 is 8.68. The first-order chi connectivity index (χ1) is 12.6. The molecule has 1 aromatic carbocycles. The Hall–Kier alpha value is -1.22. The zero-order valence-electron chi connectivity index (χ0n) is 14.7. The molecule has 0 saturated carbocycles. The Bertz CT molecular complexity index is 838. The molecule has 1 N–H and O–H groups in total. The zero-order chi connectivity index (χ0) is 18.5. The molecule has 0 radical (unpaired) electrons. The van der Waals surface area contributed by atoms with Crippen molar-refractivity contribution in [1.82, 2.24) is 14.7 Å². The van der Waals surface area contributed by atoms with Gasteiger partial charge in [0.15, 0.2) is 0 Å². The van der Waals surface area contributed by atoms with Crippen molar-refractivity contribution >= 4 is 38.1 Å². The van der Waals surface area contributed by atoms with E-state index >= 15 is 0 Å². The van der Waals surface area contributed by atoms with Crippen molar-refractivity contribution in [3.63, 3.8) is 0 Å². The van der Waals surface area contributed by atoms with Gasteiger partial charge in [-0.05, 0) is 47.5 Å². The fraction of sp³-hybridized carbons (Fsp3) is 0.444. The number of aryl methyl sites for hydroxylation is 1. The first-order valence-electron chi connectivity index (χ1n) is 8.63. The summed E-state index contributed by atoms with van der Waals surface area (Å²) in [6.07, 6.45) is 2.67. The van der Waals surface area contributed by atoms with Gasteiger partial charge in [0.25, 0.3) is 5.56 Å². The quantitative estimate of drug-likeness (QED) is 0.505. The second-order valence-corrected chi connectivity index (χ2v) is 8.00. The van der Waals surface area contributed by atoms with Crippen LogP contribution in [0.15, 0.2) is 36.9 Å². The minimum absolute atomic E-state index is 0.0950. The van der Waals surface area contributed by atoms with Crippen molar-refractivity contribution < 1.29 is 4.74 Å². The highest BCUT2D eigenvalue weighted by atomic mass is 79.9. The lowest BCUT2D eigenvalue weighted by Crippen LogP contribution is -2.37. The van der Waals surface area contributed by atoms with E-state index in [0.29, 0.717) is 12.1 Å². The summed E-state index contributed by atoms with van der Waals surface area (Å²) in [6.45, 7) is 7.24. The number of hydrogen-bond acceptors (Lipinski definition) is 4. The van der Waals surface area contributed by atoms with E-state index in [0.717, 1.165) is 59.6 Å². The molecule has 1 aliphatic rings. The number of aromatic amines is 1. The van der Waals surface area contributed by atoms with Crippen LogP contribution in [0.3, 0.4) is 0 Å². The average molecular weight is 486 g/mol. The lowest BCUT2D eigenvalue weighted by molar-refractivity contribution is 0.0377.